The SMILES string of the molecule is C[C@@H]1O[C@@H](O[C@H]2CC[C@]3(C=O)C4CC[C@]5(C)[C@@H](C6C=CC(=O)O6)CC[C@]5(O)C4CC[C@]3(OC3O[C@@H](C)[C@H](O)[C@@H](O)[C@H]3O)C2)[C@H](O)[C@H](O)[C@H]1O. The van der Waals surface area contributed by atoms with Crippen LogP contribution in [0.3, 0.4) is 0 Å². The fourth-order valence-corrected chi connectivity index (χ4v) is 11.3. The molecule has 276 valence electrons. The molecule has 14 nitrogen and oxygen atoms in total. The Kier molecular flexibility index (Phi) is 9.17. The molecule has 49 heavy (non-hydrogen) atoms. The van der Waals surface area contributed by atoms with Gasteiger partial charge in [0.05, 0.1) is 34.9 Å². The minimum absolute atomic E-state index is 0.0845. The van der Waals surface area contributed by atoms with Crippen LogP contribution in [0.5, 0.6) is 0 Å². The number of carbonyl (C=O) groups excluding carboxylic acids is 2. The Morgan fingerprint density at radius 1 is 0.776 bits per heavy atom. The normalized spacial score (nSPS) is 57.2. The molecule has 19 atom stereocenters. The maximum atomic E-state index is 13.7. The average molecular weight is 697 g/mol. The van der Waals surface area contributed by atoms with Crippen molar-refractivity contribution in [2.24, 2.45) is 28.6 Å². The summed E-state index contributed by atoms with van der Waals surface area (Å²) in [5, 5.41) is 76.2. The van der Waals surface area contributed by atoms with Crippen molar-refractivity contribution in [3.05, 3.63) is 12.2 Å². The van der Waals surface area contributed by atoms with Gasteiger partial charge < -0.3 is 64.2 Å². The molecule has 7 aliphatic rings. The molecule has 3 heterocycles. The van der Waals surface area contributed by atoms with Gasteiger partial charge in [0.15, 0.2) is 12.6 Å². The number of esters is 1. The first kappa shape index (κ1) is 35.8. The van der Waals surface area contributed by atoms with Crippen molar-refractivity contribution in [2.45, 2.75) is 163 Å². The quantitative estimate of drug-likeness (QED) is 0.107. The van der Waals surface area contributed by atoms with Crippen LogP contribution in [-0.4, -0.2) is 133 Å². The minimum Gasteiger partial charge on any atom is -0.455 e. The van der Waals surface area contributed by atoms with Crippen LogP contribution >= 0.6 is 0 Å². The summed E-state index contributed by atoms with van der Waals surface area (Å²) in [6.07, 6.45) is -6.43. The lowest BCUT2D eigenvalue weighted by molar-refractivity contribution is -0.364. The second-order valence-corrected chi connectivity index (χ2v) is 16.2. The second-order valence-electron chi connectivity index (χ2n) is 16.2. The van der Waals surface area contributed by atoms with Crippen LogP contribution in [0.1, 0.15) is 78.6 Å². The smallest absolute Gasteiger partial charge is 0.331 e. The Labute approximate surface area is 285 Å². The fourth-order valence-electron chi connectivity index (χ4n) is 11.3. The standard InChI is InChI=1S/C35H52O14/c1-16-24(38)26(40)28(42)30(45-16)47-18-6-11-33(15-36)19-7-10-32(3)21(22-4-5-23(37)48-22)9-13-35(32,44)20(19)8-12-34(33,14-18)49-31-29(43)27(41)25(39)17(2)46-31/h4-5,15-22,24-31,38-44H,6-14H2,1-3H3/t16-,17-,18-,19?,20?,21+,22?,24-,25-,26+,27+,28+,29+,30-,31?,32+,33-,34-,35-/m0/s1. The zero-order valence-corrected chi connectivity index (χ0v) is 28.2. The van der Waals surface area contributed by atoms with Crippen molar-refractivity contribution in [2.75, 3.05) is 0 Å². The third-order valence-electron chi connectivity index (χ3n) is 14.1. The Morgan fingerprint density at radius 3 is 2.02 bits per heavy atom. The lowest BCUT2D eigenvalue weighted by Crippen LogP contribution is -2.71. The van der Waals surface area contributed by atoms with E-state index in [2.05, 4.69) is 6.92 Å². The third-order valence-corrected chi connectivity index (χ3v) is 14.1. The number of hydrogen-bond acceptors (Lipinski definition) is 14. The Morgan fingerprint density at radius 2 is 1.39 bits per heavy atom. The predicted molar refractivity (Wildman–Crippen MR) is 166 cm³/mol. The van der Waals surface area contributed by atoms with E-state index in [9.17, 15) is 45.3 Å². The van der Waals surface area contributed by atoms with Gasteiger partial charge in [-0.2, -0.15) is 0 Å². The number of aliphatic hydroxyl groups is 7. The molecule has 0 amide bonds. The molecule has 0 aromatic heterocycles. The second kappa shape index (κ2) is 12.5. The summed E-state index contributed by atoms with van der Waals surface area (Å²) < 4.78 is 30.3. The van der Waals surface area contributed by atoms with Gasteiger partial charge in [-0.05, 0) is 83.1 Å². The van der Waals surface area contributed by atoms with Crippen molar-refractivity contribution >= 4 is 12.3 Å². The first-order valence-corrected chi connectivity index (χ1v) is 17.9. The van der Waals surface area contributed by atoms with E-state index in [1.54, 1.807) is 19.9 Å². The zero-order valence-electron chi connectivity index (χ0n) is 28.2. The summed E-state index contributed by atoms with van der Waals surface area (Å²) in [6.45, 7) is 5.18. The predicted octanol–water partition coefficient (Wildman–Crippen LogP) is -0.400. The molecule has 0 aromatic carbocycles. The number of cyclic esters (lactones) is 1. The van der Waals surface area contributed by atoms with Crippen molar-refractivity contribution in [3.63, 3.8) is 0 Å². The lowest BCUT2D eigenvalue weighted by Gasteiger charge is -2.67. The van der Waals surface area contributed by atoms with Gasteiger partial charge >= 0.3 is 5.97 Å². The van der Waals surface area contributed by atoms with Crippen LogP contribution in [-0.2, 0) is 33.3 Å². The van der Waals surface area contributed by atoms with Gasteiger partial charge in [-0.3, -0.25) is 0 Å². The van der Waals surface area contributed by atoms with Gasteiger partial charge in [-0.15, -0.1) is 0 Å². The summed E-state index contributed by atoms with van der Waals surface area (Å²) in [4.78, 5) is 25.7. The van der Waals surface area contributed by atoms with Gasteiger partial charge in [0, 0.05) is 23.8 Å². The van der Waals surface area contributed by atoms with Crippen LogP contribution in [0.4, 0.5) is 0 Å². The molecule has 0 aromatic rings. The number of ether oxygens (including phenoxy) is 5. The van der Waals surface area contributed by atoms with E-state index in [4.69, 9.17) is 23.7 Å². The van der Waals surface area contributed by atoms with Gasteiger partial charge in [0.1, 0.15) is 49.0 Å². The topological polar surface area (TPSA) is 222 Å². The van der Waals surface area contributed by atoms with E-state index >= 15 is 0 Å². The number of rotatable bonds is 6. The van der Waals surface area contributed by atoms with Gasteiger partial charge in [-0.25, -0.2) is 4.79 Å². The average Bonchev–Trinajstić information content (AvgIpc) is 3.62. The van der Waals surface area contributed by atoms with Crippen molar-refractivity contribution < 1.29 is 69.0 Å². The highest BCUT2D eigenvalue weighted by atomic mass is 16.7. The monoisotopic (exact) mass is 696 g/mol. The highest BCUT2D eigenvalue weighted by Crippen LogP contribution is 2.71. The van der Waals surface area contributed by atoms with Crippen molar-refractivity contribution in [1.82, 2.24) is 0 Å². The molecule has 4 unspecified atom stereocenters. The Bertz CT molecular complexity index is 1310. The molecule has 0 bridgehead atoms. The lowest BCUT2D eigenvalue weighted by atomic mass is 9.41. The number of aliphatic hydroxyl groups excluding tert-OH is 6. The molecular formula is C35H52O14. The number of carbonyl (C=O) groups is 2. The highest BCUT2D eigenvalue weighted by Gasteiger charge is 2.73. The van der Waals surface area contributed by atoms with Gasteiger partial charge in [0.2, 0.25) is 0 Å². The van der Waals surface area contributed by atoms with E-state index < -0.39 is 95.7 Å². The van der Waals surface area contributed by atoms with Crippen LogP contribution < -0.4 is 0 Å². The van der Waals surface area contributed by atoms with Gasteiger partial charge in [0.25, 0.3) is 0 Å². The largest absolute Gasteiger partial charge is 0.455 e. The van der Waals surface area contributed by atoms with E-state index in [1.807, 2.05) is 0 Å². The van der Waals surface area contributed by atoms with Crippen molar-refractivity contribution in [3.8, 4) is 0 Å². The molecule has 2 saturated heterocycles. The highest BCUT2D eigenvalue weighted by molar-refractivity contribution is 5.84. The number of aldehydes is 1. The first-order chi connectivity index (χ1) is 23.1. The summed E-state index contributed by atoms with van der Waals surface area (Å²) in [7, 11) is 0. The molecule has 0 spiro atoms. The maximum absolute atomic E-state index is 13.7. The Hall–Kier alpha value is -1.56. The van der Waals surface area contributed by atoms with E-state index in [0.29, 0.717) is 38.5 Å². The van der Waals surface area contributed by atoms with Crippen LogP contribution in [0.25, 0.3) is 0 Å². The molecule has 14 heteroatoms. The molecule has 4 aliphatic carbocycles. The molecule has 7 rings (SSSR count). The van der Waals surface area contributed by atoms with Crippen LogP contribution in [0.15, 0.2) is 12.2 Å². The number of hydrogen-bond donors (Lipinski definition) is 7. The van der Waals surface area contributed by atoms with Crippen LogP contribution in [0.2, 0.25) is 0 Å². The minimum atomic E-state index is -1.62. The van der Waals surface area contributed by atoms with E-state index in [0.717, 1.165) is 6.29 Å². The molecule has 4 saturated carbocycles. The maximum Gasteiger partial charge on any atom is 0.331 e. The Balaban J connectivity index is 1.21. The first-order valence-electron chi connectivity index (χ1n) is 17.9. The third kappa shape index (κ3) is 5.23. The zero-order chi connectivity index (χ0) is 35.3. The number of fused-ring (bicyclic) bond motifs is 5. The molecule has 6 fully saturated rings. The summed E-state index contributed by atoms with van der Waals surface area (Å²) in [5.74, 6) is -1.10. The summed E-state index contributed by atoms with van der Waals surface area (Å²) >= 11 is 0. The molecule has 7 N–H and O–H groups in total. The fraction of sp³-hybridized carbons (Fsp3) is 0.886. The van der Waals surface area contributed by atoms with Gasteiger partial charge in [-0.1, -0.05) is 6.92 Å². The van der Waals surface area contributed by atoms with Crippen LogP contribution in [0, 0.1) is 28.6 Å². The molecular weight excluding hydrogens is 644 g/mol. The molecule has 0 radical (unpaired) electrons. The van der Waals surface area contributed by atoms with E-state index in [1.165, 1.54) is 6.08 Å². The van der Waals surface area contributed by atoms with Crippen molar-refractivity contribution in [1.29, 1.82) is 0 Å². The molecule has 3 aliphatic heterocycles. The van der Waals surface area contributed by atoms with E-state index in [-0.39, 0.29) is 43.0 Å². The summed E-state index contributed by atoms with van der Waals surface area (Å²) in [6, 6.07) is 0. The summed E-state index contributed by atoms with van der Waals surface area (Å²) in [5.41, 5.74) is -4.22.